The van der Waals surface area contributed by atoms with Crippen LogP contribution in [0.25, 0.3) is 0 Å². The van der Waals surface area contributed by atoms with Crippen LogP contribution in [0.2, 0.25) is 0 Å². The summed E-state index contributed by atoms with van der Waals surface area (Å²) in [4.78, 5) is 0. The SMILES string of the molecule is CCC([C@@H](N)CC)C(O)(O)c1ccc(Br)cc1. The highest BCUT2D eigenvalue weighted by molar-refractivity contribution is 9.10. The van der Waals surface area contributed by atoms with Crippen molar-refractivity contribution < 1.29 is 10.2 Å². The summed E-state index contributed by atoms with van der Waals surface area (Å²) < 4.78 is 0.907. The van der Waals surface area contributed by atoms with Crippen molar-refractivity contribution in [3.63, 3.8) is 0 Å². The maximum atomic E-state index is 10.3. The first-order chi connectivity index (χ1) is 7.93. The minimum atomic E-state index is -1.87. The van der Waals surface area contributed by atoms with E-state index in [4.69, 9.17) is 5.73 Å². The van der Waals surface area contributed by atoms with Gasteiger partial charge in [-0.2, -0.15) is 0 Å². The molecule has 0 heterocycles. The van der Waals surface area contributed by atoms with E-state index in [2.05, 4.69) is 15.9 Å². The van der Waals surface area contributed by atoms with Gasteiger partial charge in [-0.3, -0.25) is 0 Å². The van der Waals surface area contributed by atoms with Crippen LogP contribution in [-0.2, 0) is 5.79 Å². The number of nitrogens with two attached hydrogens (primary N) is 1. The van der Waals surface area contributed by atoms with Gasteiger partial charge < -0.3 is 15.9 Å². The first-order valence-electron chi connectivity index (χ1n) is 5.89. The zero-order valence-electron chi connectivity index (χ0n) is 10.2. The van der Waals surface area contributed by atoms with Gasteiger partial charge in [-0.05, 0) is 25.0 Å². The van der Waals surface area contributed by atoms with Gasteiger partial charge in [0.2, 0.25) is 0 Å². The van der Waals surface area contributed by atoms with Crippen LogP contribution in [0.5, 0.6) is 0 Å². The molecular formula is C13H20BrNO2. The van der Waals surface area contributed by atoms with Gasteiger partial charge in [0, 0.05) is 22.0 Å². The van der Waals surface area contributed by atoms with E-state index in [1.165, 1.54) is 0 Å². The van der Waals surface area contributed by atoms with E-state index in [9.17, 15) is 10.2 Å². The van der Waals surface area contributed by atoms with E-state index in [0.717, 1.165) is 10.9 Å². The van der Waals surface area contributed by atoms with Crippen molar-refractivity contribution >= 4 is 15.9 Å². The fourth-order valence-corrected chi connectivity index (χ4v) is 2.34. The smallest absolute Gasteiger partial charge is 0.194 e. The zero-order valence-corrected chi connectivity index (χ0v) is 11.8. The van der Waals surface area contributed by atoms with E-state index < -0.39 is 5.79 Å². The highest BCUT2D eigenvalue weighted by Gasteiger charge is 2.38. The number of benzene rings is 1. The minimum Gasteiger partial charge on any atom is -0.362 e. The molecule has 0 radical (unpaired) electrons. The summed E-state index contributed by atoms with van der Waals surface area (Å²) in [7, 11) is 0. The van der Waals surface area contributed by atoms with E-state index in [0.29, 0.717) is 12.0 Å². The topological polar surface area (TPSA) is 66.5 Å². The molecule has 0 amide bonds. The average Bonchev–Trinajstić information content (AvgIpc) is 2.29. The van der Waals surface area contributed by atoms with Crippen molar-refractivity contribution in [3.8, 4) is 0 Å². The van der Waals surface area contributed by atoms with Crippen molar-refractivity contribution in [2.75, 3.05) is 0 Å². The molecule has 1 aromatic rings. The molecule has 0 spiro atoms. The van der Waals surface area contributed by atoms with Crippen LogP contribution in [-0.4, -0.2) is 16.3 Å². The zero-order chi connectivity index (χ0) is 13.1. The fourth-order valence-electron chi connectivity index (χ4n) is 2.08. The first-order valence-corrected chi connectivity index (χ1v) is 6.69. The predicted octanol–water partition coefficient (Wildman–Crippen LogP) is 2.35. The van der Waals surface area contributed by atoms with Gasteiger partial charge in [-0.15, -0.1) is 0 Å². The molecule has 0 saturated carbocycles. The molecule has 0 aliphatic carbocycles. The minimum absolute atomic E-state index is 0.223. The quantitative estimate of drug-likeness (QED) is 0.731. The summed E-state index contributed by atoms with van der Waals surface area (Å²) >= 11 is 3.32. The molecule has 17 heavy (non-hydrogen) atoms. The highest BCUT2D eigenvalue weighted by atomic mass is 79.9. The monoisotopic (exact) mass is 301 g/mol. The summed E-state index contributed by atoms with van der Waals surface area (Å²) in [5, 5.41) is 20.6. The third kappa shape index (κ3) is 3.28. The predicted molar refractivity (Wildman–Crippen MR) is 72.3 cm³/mol. The molecule has 0 aromatic heterocycles. The summed E-state index contributed by atoms with van der Waals surface area (Å²) in [6.07, 6.45) is 1.34. The maximum absolute atomic E-state index is 10.3. The Morgan fingerprint density at radius 3 is 2.12 bits per heavy atom. The number of rotatable bonds is 5. The van der Waals surface area contributed by atoms with Gasteiger partial charge in [0.25, 0.3) is 0 Å². The molecule has 0 bridgehead atoms. The van der Waals surface area contributed by atoms with Crippen LogP contribution in [0.1, 0.15) is 32.3 Å². The molecule has 96 valence electrons. The Kier molecular flexibility index (Phi) is 5.13. The molecule has 4 heteroatoms. The van der Waals surface area contributed by atoms with E-state index in [1.54, 1.807) is 24.3 Å². The Balaban J connectivity index is 3.02. The molecule has 2 atom stereocenters. The number of halogens is 1. The molecular weight excluding hydrogens is 282 g/mol. The van der Waals surface area contributed by atoms with Crippen molar-refractivity contribution in [1.82, 2.24) is 0 Å². The molecule has 1 unspecified atom stereocenters. The second kappa shape index (κ2) is 5.96. The van der Waals surface area contributed by atoms with E-state index in [1.807, 2.05) is 13.8 Å². The van der Waals surface area contributed by atoms with Gasteiger partial charge in [-0.1, -0.05) is 41.9 Å². The highest BCUT2D eigenvalue weighted by Crippen LogP contribution is 2.32. The van der Waals surface area contributed by atoms with Gasteiger partial charge in [-0.25, -0.2) is 0 Å². The first kappa shape index (κ1) is 14.6. The second-order valence-corrected chi connectivity index (χ2v) is 5.24. The maximum Gasteiger partial charge on any atom is 0.194 e. The fraction of sp³-hybridized carbons (Fsp3) is 0.538. The molecule has 0 saturated heterocycles. The summed E-state index contributed by atoms with van der Waals surface area (Å²) in [5.41, 5.74) is 6.43. The lowest BCUT2D eigenvalue weighted by atomic mass is 9.83. The van der Waals surface area contributed by atoms with Crippen LogP contribution in [0.4, 0.5) is 0 Å². The molecule has 0 fully saturated rings. The third-order valence-corrected chi connectivity index (χ3v) is 3.74. The van der Waals surface area contributed by atoms with Crippen LogP contribution in [0, 0.1) is 5.92 Å². The lowest BCUT2D eigenvalue weighted by Gasteiger charge is -2.34. The number of hydrogen-bond acceptors (Lipinski definition) is 3. The van der Waals surface area contributed by atoms with Crippen LogP contribution in [0.15, 0.2) is 28.7 Å². The number of aliphatic hydroxyl groups is 2. The Hall–Kier alpha value is -0.420. The lowest BCUT2D eigenvalue weighted by molar-refractivity contribution is -0.215. The van der Waals surface area contributed by atoms with Gasteiger partial charge in [0.05, 0.1) is 0 Å². The largest absolute Gasteiger partial charge is 0.362 e. The van der Waals surface area contributed by atoms with Crippen molar-refractivity contribution in [3.05, 3.63) is 34.3 Å². The van der Waals surface area contributed by atoms with Gasteiger partial charge in [0.1, 0.15) is 0 Å². The summed E-state index contributed by atoms with van der Waals surface area (Å²) in [6.45, 7) is 3.87. The van der Waals surface area contributed by atoms with Crippen LogP contribution >= 0.6 is 15.9 Å². The molecule has 0 aliphatic heterocycles. The average molecular weight is 302 g/mol. The van der Waals surface area contributed by atoms with Crippen LogP contribution in [0.3, 0.4) is 0 Å². The molecule has 1 rings (SSSR count). The third-order valence-electron chi connectivity index (χ3n) is 3.21. The Labute approximate surface area is 111 Å². The summed E-state index contributed by atoms with van der Waals surface area (Å²) in [5.74, 6) is -2.24. The number of hydrogen-bond donors (Lipinski definition) is 3. The molecule has 4 N–H and O–H groups in total. The Bertz CT molecular complexity index is 351. The standard InChI is InChI=1S/C13H20BrNO2/c1-3-11(12(15)4-2)13(16,17)9-5-7-10(14)8-6-9/h5-8,11-12,16-17H,3-4,15H2,1-2H3/t11?,12-/m0/s1. The Morgan fingerprint density at radius 2 is 1.71 bits per heavy atom. The van der Waals surface area contributed by atoms with Crippen molar-refractivity contribution in [2.45, 2.75) is 38.5 Å². The van der Waals surface area contributed by atoms with Crippen LogP contribution < -0.4 is 5.73 Å². The molecule has 1 aromatic carbocycles. The lowest BCUT2D eigenvalue weighted by Crippen LogP contribution is -2.45. The van der Waals surface area contributed by atoms with E-state index in [-0.39, 0.29) is 12.0 Å². The second-order valence-electron chi connectivity index (χ2n) is 4.32. The van der Waals surface area contributed by atoms with Gasteiger partial charge >= 0.3 is 0 Å². The van der Waals surface area contributed by atoms with Crippen molar-refractivity contribution in [1.29, 1.82) is 0 Å². The molecule has 0 aliphatic rings. The normalized spacial score (nSPS) is 15.6. The van der Waals surface area contributed by atoms with Gasteiger partial charge in [0.15, 0.2) is 5.79 Å². The molecule has 3 nitrogen and oxygen atoms in total. The van der Waals surface area contributed by atoms with E-state index >= 15 is 0 Å². The van der Waals surface area contributed by atoms with Crippen molar-refractivity contribution in [2.24, 2.45) is 11.7 Å². The summed E-state index contributed by atoms with van der Waals surface area (Å²) in [6, 6.07) is 6.77. The Morgan fingerprint density at radius 1 is 1.18 bits per heavy atom.